The summed E-state index contributed by atoms with van der Waals surface area (Å²) in [5, 5.41) is 2.69. The number of hydrogen-bond donors (Lipinski definition) is 1. The maximum absolute atomic E-state index is 12.5. The highest BCUT2D eigenvalue weighted by atomic mass is 16.2. The number of rotatable bonds is 3. The molecule has 4 rings (SSSR count). The van der Waals surface area contributed by atoms with Crippen LogP contribution in [0.2, 0.25) is 0 Å². The topological polar surface area (TPSA) is 100 Å². The number of benzene rings is 1. The second-order valence-electron chi connectivity index (χ2n) is 5.51. The molecular formula is C16H13N5O3. The van der Waals surface area contributed by atoms with Crippen molar-refractivity contribution >= 4 is 23.5 Å². The summed E-state index contributed by atoms with van der Waals surface area (Å²) in [5.74, 6) is -0.829. The summed E-state index contributed by atoms with van der Waals surface area (Å²) in [7, 11) is 0. The van der Waals surface area contributed by atoms with Gasteiger partial charge in [-0.25, -0.2) is 9.88 Å². The Morgan fingerprint density at radius 3 is 2.33 bits per heavy atom. The van der Waals surface area contributed by atoms with E-state index in [1.165, 1.54) is 6.07 Å². The molecule has 0 unspecified atom stereocenters. The van der Waals surface area contributed by atoms with Gasteiger partial charge in [0.15, 0.2) is 0 Å². The summed E-state index contributed by atoms with van der Waals surface area (Å²) < 4.78 is 1.12. The standard InChI is InChI=1S/C16H13N5O3/c1-2-5-9-8-12(22)21-15(17-9)18-16(19-21)20-13(23)10-6-3-4-7-11(10)14(20)24/h3-4,6-8H,2,5H2,1H3,(H,17,18,19). The third-order valence-corrected chi connectivity index (χ3v) is 3.88. The predicted octanol–water partition coefficient (Wildman–Crippen LogP) is 1.17. The van der Waals surface area contributed by atoms with E-state index in [-0.39, 0.29) is 17.3 Å². The lowest BCUT2D eigenvalue weighted by Crippen LogP contribution is -2.30. The van der Waals surface area contributed by atoms with Crippen molar-refractivity contribution in [2.45, 2.75) is 19.8 Å². The lowest BCUT2D eigenvalue weighted by atomic mass is 10.1. The first kappa shape index (κ1) is 14.3. The molecule has 0 aliphatic carbocycles. The zero-order valence-corrected chi connectivity index (χ0v) is 12.8. The fraction of sp³-hybridized carbons (Fsp3) is 0.188. The first-order valence-electron chi connectivity index (χ1n) is 7.56. The van der Waals surface area contributed by atoms with Gasteiger partial charge in [0.2, 0.25) is 5.95 Å². The molecule has 0 saturated heterocycles. The van der Waals surface area contributed by atoms with E-state index in [1.807, 2.05) is 6.92 Å². The third-order valence-electron chi connectivity index (χ3n) is 3.88. The maximum Gasteiger partial charge on any atom is 0.274 e. The third kappa shape index (κ3) is 1.96. The monoisotopic (exact) mass is 323 g/mol. The van der Waals surface area contributed by atoms with Crippen LogP contribution >= 0.6 is 0 Å². The summed E-state index contributed by atoms with van der Waals surface area (Å²) in [6.07, 6.45) is 1.50. The van der Waals surface area contributed by atoms with E-state index < -0.39 is 11.8 Å². The molecule has 0 radical (unpaired) electrons. The average molecular weight is 323 g/mol. The smallest absolute Gasteiger partial charge is 0.268 e. The number of amides is 2. The molecule has 8 nitrogen and oxygen atoms in total. The number of nitrogens with zero attached hydrogens (tertiary/aromatic N) is 4. The lowest BCUT2D eigenvalue weighted by molar-refractivity contribution is 0.0924. The first-order valence-corrected chi connectivity index (χ1v) is 7.56. The summed E-state index contributed by atoms with van der Waals surface area (Å²) in [6, 6.07) is 7.97. The number of hydrogen-bond acceptors (Lipinski definition) is 5. The average Bonchev–Trinajstić information content (AvgIpc) is 3.09. The lowest BCUT2D eigenvalue weighted by Gasteiger charge is -2.08. The van der Waals surface area contributed by atoms with Gasteiger partial charge in [-0.1, -0.05) is 25.5 Å². The molecule has 0 bridgehead atoms. The van der Waals surface area contributed by atoms with Gasteiger partial charge in [-0.2, -0.15) is 9.50 Å². The molecule has 3 heterocycles. The number of nitrogens with one attached hydrogen (secondary N) is 1. The van der Waals surface area contributed by atoms with Gasteiger partial charge in [0.05, 0.1) is 16.8 Å². The minimum absolute atomic E-state index is 0.0144. The predicted molar refractivity (Wildman–Crippen MR) is 85.2 cm³/mol. The van der Waals surface area contributed by atoms with Crippen molar-refractivity contribution in [3.05, 3.63) is 57.5 Å². The van der Waals surface area contributed by atoms with Crippen LogP contribution in [-0.2, 0) is 6.42 Å². The van der Waals surface area contributed by atoms with E-state index in [1.54, 1.807) is 24.3 Å². The van der Waals surface area contributed by atoms with Crippen molar-refractivity contribution in [1.82, 2.24) is 19.6 Å². The van der Waals surface area contributed by atoms with Gasteiger partial charge in [0, 0.05) is 6.07 Å². The van der Waals surface area contributed by atoms with Gasteiger partial charge in [-0.05, 0) is 18.6 Å². The van der Waals surface area contributed by atoms with Gasteiger partial charge in [-0.15, -0.1) is 0 Å². The largest absolute Gasteiger partial charge is 0.274 e. The quantitative estimate of drug-likeness (QED) is 0.729. The number of imide groups is 1. The molecule has 0 saturated carbocycles. The molecule has 1 aromatic carbocycles. The van der Waals surface area contributed by atoms with E-state index in [2.05, 4.69) is 15.1 Å². The van der Waals surface area contributed by atoms with E-state index in [4.69, 9.17) is 0 Å². The normalized spacial score (nSPS) is 13.8. The molecule has 0 fully saturated rings. The summed E-state index contributed by atoms with van der Waals surface area (Å²) in [5.41, 5.74) is 0.923. The molecule has 2 aromatic heterocycles. The minimum Gasteiger partial charge on any atom is -0.268 e. The maximum atomic E-state index is 12.5. The van der Waals surface area contributed by atoms with Gasteiger partial charge < -0.3 is 0 Å². The van der Waals surface area contributed by atoms with Crippen molar-refractivity contribution < 1.29 is 9.59 Å². The van der Waals surface area contributed by atoms with Crippen molar-refractivity contribution in [2.24, 2.45) is 0 Å². The summed E-state index contributed by atoms with van der Waals surface area (Å²) in [6.45, 7) is 1.98. The van der Waals surface area contributed by atoms with E-state index >= 15 is 0 Å². The van der Waals surface area contributed by atoms with Crippen LogP contribution in [-0.4, -0.2) is 31.4 Å². The van der Waals surface area contributed by atoms with Crippen molar-refractivity contribution in [3.63, 3.8) is 0 Å². The number of carbonyl (C=O) groups is 2. The van der Waals surface area contributed by atoms with Gasteiger partial charge >= 0.3 is 0 Å². The molecule has 3 aromatic rings. The second kappa shape index (κ2) is 5.12. The number of anilines is 1. The highest BCUT2D eigenvalue weighted by Crippen LogP contribution is 2.25. The molecule has 120 valence electrons. The molecule has 8 heteroatoms. The van der Waals surface area contributed by atoms with Crippen LogP contribution in [0.4, 0.5) is 5.95 Å². The fourth-order valence-electron chi connectivity index (χ4n) is 2.78. The van der Waals surface area contributed by atoms with Crippen LogP contribution in [0.25, 0.3) is 5.78 Å². The molecule has 1 aliphatic rings. The van der Waals surface area contributed by atoms with E-state index in [0.717, 1.165) is 15.8 Å². The molecule has 1 aliphatic heterocycles. The highest BCUT2D eigenvalue weighted by molar-refractivity contribution is 6.33. The van der Waals surface area contributed by atoms with Crippen molar-refractivity contribution in [3.8, 4) is 0 Å². The molecule has 24 heavy (non-hydrogen) atoms. The summed E-state index contributed by atoms with van der Waals surface area (Å²) >= 11 is 0. The van der Waals surface area contributed by atoms with Crippen molar-refractivity contribution in [2.75, 3.05) is 4.90 Å². The van der Waals surface area contributed by atoms with Crippen LogP contribution in [0.5, 0.6) is 0 Å². The van der Waals surface area contributed by atoms with E-state index in [9.17, 15) is 14.4 Å². The number of aromatic nitrogens is 4. The number of aromatic amines is 1. The molecule has 0 atom stereocenters. The van der Waals surface area contributed by atoms with Crippen LogP contribution in [0, 0.1) is 0 Å². The van der Waals surface area contributed by atoms with Crippen LogP contribution in [0.1, 0.15) is 39.8 Å². The van der Waals surface area contributed by atoms with E-state index in [0.29, 0.717) is 23.2 Å². The van der Waals surface area contributed by atoms with Crippen LogP contribution < -0.4 is 10.5 Å². The number of H-pyrrole nitrogens is 1. The van der Waals surface area contributed by atoms with Gasteiger partial charge in [-0.3, -0.25) is 19.5 Å². The minimum atomic E-state index is -0.475. The van der Waals surface area contributed by atoms with Crippen LogP contribution in [0.15, 0.2) is 35.1 Å². The molecular weight excluding hydrogens is 310 g/mol. The fourth-order valence-corrected chi connectivity index (χ4v) is 2.78. The molecule has 2 amide bonds. The first-order chi connectivity index (χ1) is 11.6. The van der Waals surface area contributed by atoms with Gasteiger partial charge in [0.25, 0.3) is 23.2 Å². The zero-order valence-electron chi connectivity index (χ0n) is 12.8. The Kier molecular flexibility index (Phi) is 3.05. The van der Waals surface area contributed by atoms with Gasteiger partial charge in [0.1, 0.15) is 0 Å². The Balaban J connectivity index is 1.84. The number of aryl methyl sites for hydroxylation is 1. The SMILES string of the molecule is CCCc1cc(=O)n2[nH]c(N3C(=O)c4ccccc4C3=O)nc2n1. The Morgan fingerprint density at radius 2 is 1.71 bits per heavy atom. The highest BCUT2D eigenvalue weighted by Gasteiger charge is 2.38. The molecule has 0 spiro atoms. The summed E-state index contributed by atoms with van der Waals surface area (Å²) in [4.78, 5) is 46.5. The van der Waals surface area contributed by atoms with Crippen molar-refractivity contribution in [1.29, 1.82) is 0 Å². The Morgan fingerprint density at radius 1 is 1.04 bits per heavy atom. The number of fused-ring (bicyclic) bond motifs is 2. The number of carbonyl (C=O) groups excluding carboxylic acids is 2. The Hall–Kier alpha value is -3.29. The Bertz CT molecular complexity index is 1010. The second-order valence-corrected chi connectivity index (χ2v) is 5.51. The Labute approximate surface area is 135 Å². The molecule has 1 N–H and O–H groups in total. The van der Waals surface area contributed by atoms with Crippen LogP contribution in [0.3, 0.4) is 0 Å². The zero-order chi connectivity index (χ0) is 16.8.